The molecule has 2 aromatic heterocycles. The molecule has 1 N–H and O–H groups in total. The van der Waals surface area contributed by atoms with Crippen LogP contribution in [0.15, 0.2) is 24.4 Å². The molecule has 3 heterocycles. The van der Waals surface area contributed by atoms with Gasteiger partial charge in [0.2, 0.25) is 5.95 Å². The van der Waals surface area contributed by atoms with Crippen molar-refractivity contribution in [2.45, 2.75) is 12.8 Å². The van der Waals surface area contributed by atoms with E-state index in [9.17, 15) is 0 Å². The Morgan fingerprint density at radius 3 is 2.82 bits per heavy atom. The summed E-state index contributed by atoms with van der Waals surface area (Å²) in [5, 5.41) is 17.5. The summed E-state index contributed by atoms with van der Waals surface area (Å²) in [6.45, 7) is 2.19. The maximum Gasteiger partial charge on any atom is 0.231 e. The van der Waals surface area contributed by atoms with Gasteiger partial charge in [0.05, 0.1) is 0 Å². The molecule has 2 aromatic rings. The fourth-order valence-electron chi connectivity index (χ4n) is 2.36. The normalized spacial score (nSPS) is 17.8. The van der Waals surface area contributed by atoms with Crippen molar-refractivity contribution >= 4 is 11.6 Å². The van der Waals surface area contributed by atoms with Crippen molar-refractivity contribution in [1.29, 1.82) is 0 Å². The Morgan fingerprint density at radius 1 is 1.24 bits per heavy atom. The van der Waals surface area contributed by atoms with Crippen LogP contribution in [0.2, 0.25) is 0 Å². The molecule has 1 fully saturated rings. The number of aromatic nitrogens is 3. The predicted molar refractivity (Wildman–Crippen MR) is 65.0 cm³/mol. The van der Waals surface area contributed by atoms with E-state index in [0.29, 0.717) is 12.5 Å². The lowest BCUT2D eigenvalue weighted by Gasteiger charge is -2.30. The molecule has 1 saturated heterocycles. The van der Waals surface area contributed by atoms with Crippen molar-refractivity contribution in [3.63, 3.8) is 0 Å². The molecule has 3 rings (SSSR count). The Balaban J connectivity index is 1.85. The first-order chi connectivity index (χ1) is 8.38. The first kappa shape index (κ1) is 10.5. The second kappa shape index (κ2) is 4.33. The molecule has 0 radical (unpaired) electrons. The molecule has 0 bridgehead atoms. The topological polar surface area (TPSA) is 53.7 Å². The van der Waals surface area contributed by atoms with E-state index in [0.717, 1.165) is 37.5 Å². The standard InChI is InChI=1S/C12H16N4O/c17-9-10-4-7-15(8-5-10)12-14-13-11-3-1-2-6-16(11)12/h1-3,6,10,17H,4-5,7-9H2. The lowest BCUT2D eigenvalue weighted by molar-refractivity contribution is 0.202. The Kier molecular flexibility index (Phi) is 2.68. The Morgan fingerprint density at radius 2 is 2.06 bits per heavy atom. The lowest BCUT2D eigenvalue weighted by atomic mass is 9.98. The van der Waals surface area contributed by atoms with Crippen LogP contribution in [0.3, 0.4) is 0 Å². The highest BCUT2D eigenvalue weighted by atomic mass is 16.3. The SMILES string of the molecule is OCC1CCN(c2nnc3ccccn23)CC1. The van der Waals surface area contributed by atoms with Gasteiger partial charge in [-0.25, -0.2) is 0 Å². The van der Waals surface area contributed by atoms with Crippen molar-refractivity contribution in [3.05, 3.63) is 24.4 Å². The largest absolute Gasteiger partial charge is 0.396 e. The summed E-state index contributed by atoms with van der Waals surface area (Å²) >= 11 is 0. The molecule has 1 aliphatic heterocycles. The highest BCUT2D eigenvalue weighted by Gasteiger charge is 2.21. The minimum absolute atomic E-state index is 0.300. The van der Waals surface area contributed by atoms with E-state index >= 15 is 0 Å². The van der Waals surface area contributed by atoms with Gasteiger partial charge in [-0.1, -0.05) is 6.07 Å². The monoisotopic (exact) mass is 232 g/mol. The minimum atomic E-state index is 0.300. The molecule has 0 saturated carbocycles. The first-order valence-corrected chi connectivity index (χ1v) is 6.04. The number of anilines is 1. The van der Waals surface area contributed by atoms with E-state index in [1.165, 1.54) is 0 Å². The fraction of sp³-hybridized carbons (Fsp3) is 0.500. The molecule has 0 atom stereocenters. The van der Waals surface area contributed by atoms with Crippen molar-refractivity contribution in [2.24, 2.45) is 5.92 Å². The van der Waals surface area contributed by atoms with Crippen LogP contribution in [0.1, 0.15) is 12.8 Å². The number of fused-ring (bicyclic) bond motifs is 1. The summed E-state index contributed by atoms with van der Waals surface area (Å²) in [6, 6.07) is 5.91. The smallest absolute Gasteiger partial charge is 0.231 e. The van der Waals surface area contributed by atoms with Gasteiger partial charge in [0, 0.05) is 25.9 Å². The van der Waals surface area contributed by atoms with Crippen LogP contribution < -0.4 is 4.90 Å². The highest BCUT2D eigenvalue weighted by molar-refractivity contribution is 5.46. The average molecular weight is 232 g/mol. The molecule has 1 aliphatic rings. The van der Waals surface area contributed by atoms with Crippen LogP contribution in [-0.2, 0) is 0 Å². The van der Waals surface area contributed by atoms with Gasteiger partial charge < -0.3 is 10.0 Å². The third-order valence-corrected chi connectivity index (χ3v) is 3.45. The van der Waals surface area contributed by atoms with Gasteiger partial charge in [0.1, 0.15) is 0 Å². The lowest BCUT2D eigenvalue weighted by Crippen LogP contribution is -2.35. The van der Waals surface area contributed by atoms with Crippen LogP contribution in [0, 0.1) is 5.92 Å². The number of rotatable bonds is 2. The van der Waals surface area contributed by atoms with Crippen molar-refractivity contribution in [1.82, 2.24) is 14.6 Å². The Hall–Kier alpha value is -1.62. The summed E-state index contributed by atoms with van der Waals surface area (Å²) in [4.78, 5) is 2.24. The molecule has 17 heavy (non-hydrogen) atoms. The molecule has 0 aliphatic carbocycles. The quantitative estimate of drug-likeness (QED) is 0.837. The Bertz CT molecular complexity index is 502. The number of piperidine rings is 1. The Labute approximate surface area is 99.7 Å². The van der Waals surface area contributed by atoms with Gasteiger partial charge in [0.25, 0.3) is 0 Å². The molecule has 0 spiro atoms. The number of hydrogen-bond acceptors (Lipinski definition) is 4. The van der Waals surface area contributed by atoms with Gasteiger partial charge in [-0.3, -0.25) is 4.40 Å². The van der Waals surface area contributed by atoms with E-state index in [2.05, 4.69) is 15.1 Å². The van der Waals surface area contributed by atoms with Gasteiger partial charge >= 0.3 is 0 Å². The van der Waals surface area contributed by atoms with E-state index in [1.54, 1.807) is 0 Å². The van der Waals surface area contributed by atoms with Crippen LogP contribution in [0.25, 0.3) is 5.65 Å². The van der Waals surface area contributed by atoms with Crippen molar-refractivity contribution in [2.75, 3.05) is 24.6 Å². The van der Waals surface area contributed by atoms with E-state index in [4.69, 9.17) is 5.11 Å². The number of nitrogens with zero attached hydrogens (tertiary/aromatic N) is 4. The third kappa shape index (κ3) is 1.86. The van der Waals surface area contributed by atoms with E-state index in [1.807, 2.05) is 28.8 Å². The maximum absolute atomic E-state index is 9.13. The zero-order chi connectivity index (χ0) is 11.7. The minimum Gasteiger partial charge on any atom is -0.396 e. The molecule has 5 nitrogen and oxygen atoms in total. The average Bonchev–Trinajstić information content (AvgIpc) is 2.83. The van der Waals surface area contributed by atoms with E-state index in [-0.39, 0.29) is 0 Å². The summed E-state index contributed by atoms with van der Waals surface area (Å²) in [5.74, 6) is 1.36. The molecule has 0 unspecified atom stereocenters. The predicted octanol–water partition coefficient (Wildman–Crippen LogP) is 0.938. The summed E-state index contributed by atoms with van der Waals surface area (Å²) < 4.78 is 2.01. The molecule has 5 heteroatoms. The molecular weight excluding hydrogens is 216 g/mol. The number of hydrogen-bond donors (Lipinski definition) is 1. The molecule has 0 aromatic carbocycles. The number of aliphatic hydroxyl groups is 1. The number of pyridine rings is 1. The second-order valence-corrected chi connectivity index (χ2v) is 4.54. The summed E-state index contributed by atoms with van der Waals surface area (Å²) in [7, 11) is 0. The highest BCUT2D eigenvalue weighted by Crippen LogP contribution is 2.21. The van der Waals surface area contributed by atoms with Crippen LogP contribution in [0.4, 0.5) is 5.95 Å². The third-order valence-electron chi connectivity index (χ3n) is 3.45. The summed E-state index contributed by atoms with van der Waals surface area (Å²) in [5.41, 5.74) is 0.881. The second-order valence-electron chi connectivity index (χ2n) is 4.54. The van der Waals surface area contributed by atoms with Crippen molar-refractivity contribution < 1.29 is 5.11 Å². The van der Waals surface area contributed by atoms with Gasteiger partial charge in [-0.2, -0.15) is 0 Å². The van der Waals surface area contributed by atoms with Gasteiger partial charge in [0.15, 0.2) is 5.65 Å². The van der Waals surface area contributed by atoms with Crippen LogP contribution >= 0.6 is 0 Å². The molecular formula is C12H16N4O. The fourth-order valence-corrected chi connectivity index (χ4v) is 2.36. The van der Waals surface area contributed by atoms with Gasteiger partial charge in [-0.05, 0) is 30.9 Å². The maximum atomic E-state index is 9.13. The zero-order valence-electron chi connectivity index (χ0n) is 9.66. The zero-order valence-corrected chi connectivity index (χ0v) is 9.66. The molecule has 90 valence electrons. The van der Waals surface area contributed by atoms with E-state index < -0.39 is 0 Å². The summed E-state index contributed by atoms with van der Waals surface area (Å²) in [6.07, 6.45) is 4.04. The first-order valence-electron chi connectivity index (χ1n) is 6.04. The van der Waals surface area contributed by atoms with Gasteiger partial charge in [-0.15, -0.1) is 10.2 Å². The van der Waals surface area contributed by atoms with Crippen LogP contribution in [-0.4, -0.2) is 39.4 Å². The van der Waals surface area contributed by atoms with Crippen LogP contribution in [0.5, 0.6) is 0 Å². The molecule has 0 amide bonds. The number of aliphatic hydroxyl groups excluding tert-OH is 1. The van der Waals surface area contributed by atoms with Crippen molar-refractivity contribution in [3.8, 4) is 0 Å².